The molecule has 0 unspecified atom stereocenters. The molecule has 1 aromatic carbocycles. The number of rotatable bonds is 7. The molecule has 0 aliphatic heterocycles. The van der Waals surface area contributed by atoms with Crippen LogP contribution in [0.4, 0.5) is 5.69 Å². The Hall–Kier alpha value is -2.47. The van der Waals surface area contributed by atoms with Crippen molar-refractivity contribution in [3.05, 3.63) is 63.9 Å². The van der Waals surface area contributed by atoms with Crippen LogP contribution in [-0.2, 0) is 6.42 Å². The van der Waals surface area contributed by atoms with E-state index in [4.69, 9.17) is 0 Å². The smallest absolute Gasteiger partial charge is 0.275 e. The van der Waals surface area contributed by atoms with Crippen molar-refractivity contribution in [1.82, 2.24) is 14.8 Å². The first-order valence-electron chi connectivity index (χ1n) is 8.95. The van der Waals surface area contributed by atoms with Gasteiger partial charge in [-0.2, -0.15) is 5.10 Å². The molecule has 0 bridgehead atoms. The molecule has 0 spiro atoms. The van der Waals surface area contributed by atoms with Crippen LogP contribution in [-0.4, -0.2) is 20.7 Å². The minimum absolute atomic E-state index is 0.177. The van der Waals surface area contributed by atoms with E-state index in [2.05, 4.69) is 41.4 Å². The maximum atomic E-state index is 12.8. The Morgan fingerprint density at radius 2 is 1.96 bits per heavy atom. The fourth-order valence-corrected chi connectivity index (χ4v) is 3.89. The third-order valence-electron chi connectivity index (χ3n) is 4.64. The molecule has 0 aliphatic rings. The standard InChI is InChI=1S/C20H24N4OS/c1-4-16(5-2)24-14(3)17(12-22-24)23-20(25)19-18(26-13-21-19)11-15-9-7-6-8-10-15/h6-10,12-13,16H,4-5,11H2,1-3H3,(H,23,25). The Morgan fingerprint density at radius 3 is 2.65 bits per heavy atom. The Labute approximate surface area is 158 Å². The Bertz CT molecular complexity index is 865. The summed E-state index contributed by atoms with van der Waals surface area (Å²) in [4.78, 5) is 18.0. The first-order chi connectivity index (χ1) is 12.6. The van der Waals surface area contributed by atoms with E-state index in [-0.39, 0.29) is 5.91 Å². The second-order valence-electron chi connectivity index (χ2n) is 6.30. The van der Waals surface area contributed by atoms with Crippen molar-refractivity contribution in [2.45, 2.75) is 46.1 Å². The van der Waals surface area contributed by atoms with Crippen molar-refractivity contribution >= 4 is 22.9 Å². The van der Waals surface area contributed by atoms with Gasteiger partial charge in [-0.15, -0.1) is 11.3 Å². The number of hydrogen-bond donors (Lipinski definition) is 1. The molecule has 3 aromatic rings. The normalized spacial score (nSPS) is 11.1. The van der Waals surface area contributed by atoms with Gasteiger partial charge in [0.05, 0.1) is 29.1 Å². The number of thiazole rings is 1. The van der Waals surface area contributed by atoms with E-state index < -0.39 is 0 Å². The fraction of sp³-hybridized carbons (Fsp3) is 0.350. The second-order valence-corrected chi connectivity index (χ2v) is 7.24. The topological polar surface area (TPSA) is 59.8 Å². The van der Waals surface area contributed by atoms with Gasteiger partial charge in [0.2, 0.25) is 0 Å². The number of amides is 1. The Morgan fingerprint density at radius 1 is 1.23 bits per heavy atom. The SMILES string of the molecule is CCC(CC)n1ncc(NC(=O)c2ncsc2Cc2ccccc2)c1C. The highest BCUT2D eigenvalue weighted by Gasteiger charge is 2.19. The maximum Gasteiger partial charge on any atom is 0.275 e. The largest absolute Gasteiger partial charge is 0.318 e. The average molecular weight is 369 g/mol. The number of nitrogens with one attached hydrogen (secondary N) is 1. The van der Waals surface area contributed by atoms with Crippen LogP contribution in [0.5, 0.6) is 0 Å². The number of nitrogens with zero attached hydrogens (tertiary/aromatic N) is 3. The van der Waals surface area contributed by atoms with Crippen LogP contribution in [0, 0.1) is 6.92 Å². The quantitative estimate of drug-likeness (QED) is 0.648. The summed E-state index contributed by atoms with van der Waals surface area (Å²) in [5.74, 6) is -0.177. The summed E-state index contributed by atoms with van der Waals surface area (Å²) in [5, 5.41) is 7.45. The lowest BCUT2D eigenvalue weighted by molar-refractivity contribution is 0.102. The lowest BCUT2D eigenvalue weighted by atomic mass is 10.1. The number of hydrogen-bond acceptors (Lipinski definition) is 4. The first-order valence-corrected chi connectivity index (χ1v) is 9.83. The molecule has 0 atom stereocenters. The molecule has 26 heavy (non-hydrogen) atoms. The van der Waals surface area contributed by atoms with Gasteiger partial charge in [-0.05, 0) is 25.3 Å². The Balaban J connectivity index is 1.77. The molecule has 2 aromatic heterocycles. The number of aromatic nitrogens is 3. The van der Waals surface area contributed by atoms with E-state index >= 15 is 0 Å². The second kappa shape index (κ2) is 8.27. The molecule has 2 heterocycles. The molecule has 0 saturated heterocycles. The van der Waals surface area contributed by atoms with Crippen LogP contribution in [0.2, 0.25) is 0 Å². The van der Waals surface area contributed by atoms with Gasteiger partial charge >= 0.3 is 0 Å². The van der Waals surface area contributed by atoms with Crippen molar-refractivity contribution in [2.24, 2.45) is 0 Å². The van der Waals surface area contributed by atoms with E-state index in [1.54, 1.807) is 11.7 Å². The molecule has 0 saturated carbocycles. The number of carbonyl (C=O) groups excluding carboxylic acids is 1. The van der Waals surface area contributed by atoms with Gasteiger partial charge in [-0.25, -0.2) is 4.98 Å². The summed E-state index contributed by atoms with van der Waals surface area (Å²) < 4.78 is 2.00. The molecule has 3 rings (SSSR count). The molecular weight excluding hydrogens is 344 g/mol. The van der Waals surface area contributed by atoms with Gasteiger partial charge in [-0.3, -0.25) is 9.48 Å². The molecule has 0 fully saturated rings. The van der Waals surface area contributed by atoms with E-state index in [0.717, 1.165) is 29.1 Å². The van der Waals surface area contributed by atoms with Crippen LogP contribution >= 0.6 is 11.3 Å². The molecular formula is C20H24N4OS. The summed E-state index contributed by atoms with van der Waals surface area (Å²) in [5.41, 5.74) is 5.12. The predicted octanol–water partition coefficient (Wildman–Crippen LogP) is 4.85. The highest BCUT2D eigenvalue weighted by molar-refractivity contribution is 7.10. The van der Waals surface area contributed by atoms with Crippen LogP contribution in [0.25, 0.3) is 0 Å². The van der Waals surface area contributed by atoms with Gasteiger partial charge in [0.25, 0.3) is 5.91 Å². The minimum atomic E-state index is -0.177. The zero-order chi connectivity index (χ0) is 18.5. The van der Waals surface area contributed by atoms with Crippen LogP contribution in [0.3, 0.4) is 0 Å². The molecule has 136 valence electrons. The highest BCUT2D eigenvalue weighted by Crippen LogP contribution is 2.24. The van der Waals surface area contributed by atoms with Gasteiger partial charge in [0, 0.05) is 11.3 Å². The summed E-state index contributed by atoms with van der Waals surface area (Å²) in [6, 6.07) is 10.5. The third kappa shape index (κ3) is 3.85. The maximum absolute atomic E-state index is 12.8. The van der Waals surface area contributed by atoms with E-state index in [1.807, 2.05) is 29.8 Å². The van der Waals surface area contributed by atoms with Crippen LogP contribution in [0.15, 0.2) is 42.0 Å². The van der Waals surface area contributed by atoms with E-state index in [9.17, 15) is 4.79 Å². The lowest BCUT2D eigenvalue weighted by Gasteiger charge is -2.15. The zero-order valence-corrected chi connectivity index (χ0v) is 16.2. The van der Waals surface area contributed by atoms with Crippen molar-refractivity contribution in [2.75, 3.05) is 5.32 Å². The third-order valence-corrected chi connectivity index (χ3v) is 5.48. The summed E-state index contributed by atoms with van der Waals surface area (Å²) in [7, 11) is 0. The fourth-order valence-electron chi connectivity index (χ4n) is 3.09. The molecule has 0 aliphatic carbocycles. The highest BCUT2D eigenvalue weighted by atomic mass is 32.1. The van der Waals surface area contributed by atoms with Crippen molar-refractivity contribution in [3.63, 3.8) is 0 Å². The molecule has 6 heteroatoms. The van der Waals surface area contributed by atoms with Crippen molar-refractivity contribution < 1.29 is 4.79 Å². The van der Waals surface area contributed by atoms with E-state index in [1.165, 1.54) is 16.9 Å². The number of carbonyl (C=O) groups is 1. The number of anilines is 1. The first kappa shape index (κ1) is 18.3. The number of benzene rings is 1. The summed E-state index contributed by atoms with van der Waals surface area (Å²) in [6.07, 6.45) is 4.47. The predicted molar refractivity (Wildman–Crippen MR) is 106 cm³/mol. The molecule has 1 amide bonds. The van der Waals surface area contributed by atoms with Crippen molar-refractivity contribution in [3.8, 4) is 0 Å². The summed E-state index contributed by atoms with van der Waals surface area (Å²) >= 11 is 1.51. The van der Waals surface area contributed by atoms with Gasteiger partial charge < -0.3 is 5.32 Å². The summed E-state index contributed by atoms with van der Waals surface area (Å²) in [6.45, 7) is 6.30. The van der Waals surface area contributed by atoms with Crippen LogP contribution in [0.1, 0.15) is 59.4 Å². The average Bonchev–Trinajstić information content (AvgIpc) is 3.25. The zero-order valence-electron chi connectivity index (χ0n) is 15.4. The van der Waals surface area contributed by atoms with Gasteiger partial charge in [0.1, 0.15) is 5.69 Å². The van der Waals surface area contributed by atoms with Gasteiger partial charge in [0.15, 0.2) is 0 Å². The van der Waals surface area contributed by atoms with Crippen LogP contribution < -0.4 is 5.32 Å². The Kier molecular flexibility index (Phi) is 5.83. The van der Waals surface area contributed by atoms with Gasteiger partial charge in [-0.1, -0.05) is 44.2 Å². The minimum Gasteiger partial charge on any atom is -0.318 e. The van der Waals surface area contributed by atoms with Crippen molar-refractivity contribution in [1.29, 1.82) is 0 Å². The lowest BCUT2D eigenvalue weighted by Crippen LogP contribution is -2.16. The molecule has 0 radical (unpaired) electrons. The molecule has 1 N–H and O–H groups in total. The molecule has 5 nitrogen and oxygen atoms in total. The van der Waals surface area contributed by atoms with E-state index in [0.29, 0.717) is 18.2 Å². The monoisotopic (exact) mass is 368 g/mol.